The number of nitrogens with one attached hydrogen (secondary N) is 1. The van der Waals surface area contributed by atoms with Crippen molar-refractivity contribution in [3.8, 4) is 5.75 Å². The van der Waals surface area contributed by atoms with Crippen LogP contribution in [0.2, 0.25) is 5.02 Å². The van der Waals surface area contributed by atoms with E-state index in [0.717, 1.165) is 17.5 Å². The molecule has 1 unspecified atom stereocenters. The number of halogens is 1. The summed E-state index contributed by atoms with van der Waals surface area (Å²) < 4.78 is 5.40. The van der Waals surface area contributed by atoms with Crippen LogP contribution in [0.25, 0.3) is 11.0 Å². The number of hydrogen-bond donors (Lipinski definition) is 2. The number of hydrogen-bond acceptors (Lipinski definition) is 3. The smallest absolute Gasteiger partial charge is 0.336 e. The molecule has 0 spiro atoms. The summed E-state index contributed by atoms with van der Waals surface area (Å²) >= 11 is 6.18. The van der Waals surface area contributed by atoms with Crippen LogP contribution in [0.3, 0.4) is 0 Å². The Bertz CT molecular complexity index is 769. The molecule has 2 aromatic rings. The third-order valence-corrected chi connectivity index (χ3v) is 5.04. The van der Waals surface area contributed by atoms with Crippen molar-refractivity contribution in [1.29, 1.82) is 0 Å². The van der Waals surface area contributed by atoms with Crippen molar-refractivity contribution in [3.63, 3.8) is 0 Å². The Balaban J connectivity index is 2.14. The normalized spacial score (nSPS) is 22.1. The van der Waals surface area contributed by atoms with Gasteiger partial charge in [-0.25, -0.2) is 4.79 Å². The van der Waals surface area contributed by atoms with Gasteiger partial charge in [-0.2, -0.15) is 0 Å². The molecule has 1 aliphatic rings. The highest BCUT2D eigenvalue weighted by molar-refractivity contribution is 6.33. The minimum Gasteiger partial charge on any atom is -0.506 e. The molecule has 1 aliphatic heterocycles. The van der Waals surface area contributed by atoms with E-state index in [-0.39, 0.29) is 5.75 Å². The predicted molar refractivity (Wildman–Crippen MR) is 86.7 cm³/mol. The molecular weight excluding hydrogens is 302 g/mol. The van der Waals surface area contributed by atoms with Crippen LogP contribution in [0.15, 0.2) is 21.3 Å². The molecule has 0 aliphatic carbocycles. The van der Waals surface area contributed by atoms with Gasteiger partial charge in [-0.05, 0) is 44.7 Å². The molecule has 1 fully saturated rings. The summed E-state index contributed by atoms with van der Waals surface area (Å²) in [4.78, 5) is 13.1. The van der Waals surface area contributed by atoms with Crippen LogP contribution in [-0.4, -0.2) is 17.7 Å². The number of rotatable bonds is 2. The zero-order valence-electron chi connectivity index (χ0n) is 12.9. The van der Waals surface area contributed by atoms with E-state index < -0.39 is 5.63 Å². The van der Waals surface area contributed by atoms with Gasteiger partial charge in [0.15, 0.2) is 5.58 Å². The zero-order valence-corrected chi connectivity index (χ0v) is 13.7. The second-order valence-electron chi connectivity index (χ2n) is 6.29. The Hall–Kier alpha value is -1.52. The number of piperidine rings is 1. The molecule has 0 amide bonds. The Morgan fingerprint density at radius 2 is 2.18 bits per heavy atom. The Morgan fingerprint density at radius 1 is 1.41 bits per heavy atom. The molecule has 118 valence electrons. The summed E-state index contributed by atoms with van der Waals surface area (Å²) in [6.07, 6.45) is 3.61. The Labute approximate surface area is 134 Å². The van der Waals surface area contributed by atoms with Crippen LogP contribution < -0.4 is 10.5 Å². The second kappa shape index (κ2) is 5.94. The van der Waals surface area contributed by atoms with E-state index in [0.29, 0.717) is 28.8 Å². The molecule has 0 saturated carbocycles. The lowest BCUT2D eigenvalue weighted by Gasteiger charge is -2.30. The first-order chi connectivity index (χ1) is 10.5. The molecule has 1 aromatic carbocycles. The minimum atomic E-state index is -0.394. The van der Waals surface area contributed by atoms with Crippen LogP contribution >= 0.6 is 11.6 Å². The fraction of sp³-hybridized carbons (Fsp3) is 0.471. The van der Waals surface area contributed by atoms with Gasteiger partial charge < -0.3 is 14.4 Å². The van der Waals surface area contributed by atoms with E-state index in [1.54, 1.807) is 6.07 Å². The van der Waals surface area contributed by atoms with Crippen LogP contribution in [0, 0.1) is 6.92 Å². The highest BCUT2D eigenvalue weighted by Crippen LogP contribution is 2.35. The number of phenolic OH excluding ortho intramolecular Hbond substituents is 1. The molecule has 22 heavy (non-hydrogen) atoms. The summed E-state index contributed by atoms with van der Waals surface area (Å²) in [6, 6.07) is 3.65. The van der Waals surface area contributed by atoms with Crippen molar-refractivity contribution in [3.05, 3.63) is 38.7 Å². The highest BCUT2D eigenvalue weighted by atomic mass is 35.5. The van der Waals surface area contributed by atoms with Crippen molar-refractivity contribution in [2.24, 2.45) is 0 Å². The monoisotopic (exact) mass is 322 g/mol. The lowest BCUT2D eigenvalue weighted by molar-refractivity contribution is -0.941. The minimum absolute atomic E-state index is 0.0354. The molecular formula is C17H21ClNO3+. The number of phenols is 1. The quantitative estimate of drug-likeness (QED) is 0.835. The Morgan fingerprint density at radius 3 is 2.91 bits per heavy atom. The number of likely N-dealkylation sites (tertiary alicyclic amines) is 1. The SMILES string of the molecule is Cc1cc(=O)oc2c(C[NH+]3CCCC[C@@H]3C)c(O)c(Cl)cc12. The fourth-order valence-electron chi connectivity index (χ4n) is 3.38. The first kappa shape index (κ1) is 15.4. The van der Waals surface area contributed by atoms with Gasteiger partial charge >= 0.3 is 5.63 Å². The van der Waals surface area contributed by atoms with Crippen molar-refractivity contribution >= 4 is 22.6 Å². The molecule has 1 aromatic heterocycles. The molecule has 5 heteroatoms. The van der Waals surface area contributed by atoms with E-state index in [2.05, 4.69) is 6.92 Å². The molecule has 4 nitrogen and oxygen atoms in total. The zero-order chi connectivity index (χ0) is 15.9. The van der Waals surface area contributed by atoms with Gasteiger partial charge in [0, 0.05) is 11.5 Å². The lowest BCUT2D eigenvalue weighted by atomic mass is 10.0. The van der Waals surface area contributed by atoms with Crippen LogP contribution in [0.1, 0.15) is 37.3 Å². The van der Waals surface area contributed by atoms with Gasteiger partial charge in [0.05, 0.1) is 23.2 Å². The lowest BCUT2D eigenvalue weighted by Crippen LogP contribution is -3.14. The van der Waals surface area contributed by atoms with Gasteiger partial charge in [-0.1, -0.05) is 11.6 Å². The Kier molecular flexibility index (Phi) is 4.15. The van der Waals surface area contributed by atoms with Gasteiger partial charge in [-0.3, -0.25) is 0 Å². The predicted octanol–water partition coefficient (Wildman–Crippen LogP) is 2.42. The number of aromatic hydroxyl groups is 1. The summed E-state index contributed by atoms with van der Waals surface area (Å²) in [5.41, 5.74) is 1.54. The molecule has 0 bridgehead atoms. The first-order valence-electron chi connectivity index (χ1n) is 7.76. The van der Waals surface area contributed by atoms with Crippen LogP contribution in [0.4, 0.5) is 0 Å². The number of fused-ring (bicyclic) bond motifs is 1. The van der Waals surface area contributed by atoms with Gasteiger partial charge in [0.25, 0.3) is 0 Å². The van der Waals surface area contributed by atoms with E-state index in [1.807, 2.05) is 6.92 Å². The van der Waals surface area contributed by atoms with Crippen LogP contribution in [0.5, 0.6) is 5.75 Å². The van der Waals surface area contributed by atoms with Gasteiger partial charge in [0.1, 0.15) is 12.3 Å². The first-order valence-corrected chi connectivity index (χ1v) is 8.14. The fourth-order valence-corrected chi connectivity index (χ4v) is 3.60. The van der Waals surface area contributed by atoms with E-state index in [1.165, 1.54) is 30.2 Å². The van der Waals surface area contributed by atoms with Crippen molar-refractivity contribution < 1.29 is 14.4 Å². The van der Waals surface area contributed by atoms with Gasteiger partial charge in [0.2, 0.25) is 0 Å². The van der Waals surface area contributed by atoms with Crippen molar-refractivity contribution in [2.75, 3.05) is 6.54 Å². The summed E-state index contributed by atoms with van der Waals surface area (Å²) in [6.45, 7) is 5.76. The topological polar surface area (TPSA) is 54.9 Å². The average molecular weight is 323 g/mol. The molecule has 3 rings (SSSR count). The molecule has 2 atom stereocenters. The van der Waals surface area contributed by atoms with E-state index in [9.17, 15) is 9.90 Å². The maximum absolute atomic E-state index is 11.7. The summed E-state index contributed by atoms with van der Waals surface area (Å²) in [7, 11) is 0. The molecule has 0 radical (unpaired) electrons. The third kappa shape index (κ3) is 2.73. The maximum atomic E-state index is 11.7. The number of aryl methyl sites for hydroxylation is 1. The number of benzene rings is 1. The van der Waals surface area contributed by atoms with E-state index >= 15 is 0 Å². The molecule has 2 N–H and O–H groups in total. The summed E-state index contributed by atoms with van der Waals surface area (Å²) in [5.74, 6) is 0.0354. The van der Waals surface area contributed by atoms with Crippen molar-refractivity contribution in [1.82, 2.24) is 0 Å². The maximum Gasteiger partial charge on any atom is 0.336 e. The average Bonchev–Trinajstić information content (AvgIpc) is 2.47. The standard InChI is InChI=1S/C17H20ClNO3/c1-10-7-15(20)22-17-12(10)8-14(18)16(21)13(17)9-19-6-4-3-5-11(19)2/h7-8,11,21H,3-6,9H2,1-2H3/p+1/t11-/m0/s1. The molecule has 1 saturated heterocycles. The van der Waals surface area contributed by atoms with Crippen LogP contribution in [-0.2, 0) is 6.54 Å². The highest BCUT2D eigenvalue weighted by Gasteiger charge is 2.26. The third-order valence-electron chi connectivity index (χ3n) is 4.75. The van der Waals surface area contributed by atoms with Crippen molar-refractivity contribution in [2.45, 2.75) is 45.7 Å². The van der Waals surface area contributed by atoms with Gasteiger partial charge in [-0.15, -0.1) is 0 Å². The second-order valence-corrected chi connectivity index (χ2v) is 6.70. The largest absolute Gasteiger partial charge is 0.506 e. The number of quaternary nitrogens is 1. The summed E-state index contributed by atoms with van der Waals surface area (Å²) in [5, 5.41) is 11.5. The van der Waals surface area contributed by atoms with E-state index in [4.69, 9.17) is 16.0 Å². The molecule has 2 heterocycles.